The highest BCUT2D eigenvalue weighted by molar-refractivity contribution is 5.26. The highest BCUT2D eigenvalue weighted by Gasteiger charge is 1.96. The van der Waals surface area contributed by atoms with Crippen molar-refractivity contribution in [1.29, 1.82) is 0 Å². The number of hydrogen-bond donors (Lipinski definition) is 1. The van der Waals surface area contributed by atoms with Gasteiger partial charge < -0.3 is 5.73 Å². The van der Waals surface area contributed by atoms with E-state index in [-0.39, 0.29) is 6.04 Å². The summed E-state index contributed by atoms with van der Waals surface area (Å²) in [6, 6.07) is -0.0418. The minimum Gasteiger partial charge on any atom is -0.318 e. The Morgan fingerprint density at radius 3 is 3.00 bits per heavy atom. The molecule has 0 aliphatic rings. The quantitative estimate of drug-likeness (QED) is 0.662. The Labute approximate surface area is 78.1 Å². The summed E-state index contributed by atoms with van der Waals surface area (Å²) >= 11 is 0. The SMILES string of the molecule is CCCC(N)C#Cc1cnnn1C. The van der Waals surface area contributed by atoms with Gasteiger partial charge in [0.15, 0.2) is 0 Å². The molecular weight excluding hydrogens is 164 g/mol. The Kier molecular flexibility index (Phi) is 3.47. The number of rotatable bonds is 2. The summed E-state index contributed by atoms with van der Waals surface area (Å²) in [5.74, 6) is 5.89. The average Bonchev–Trinajstić information content (AvgIpc) is 2.48. The van der Waals surface area contributed by atoms with Crippen LogP contribution in [-0.4, -0.2) is 21.0 Å². The first-order valence-electron chi connectivity index (χ1n) is 4.36. The van der Waals surface area contributed by atoms with Gasteiger partial charge >= 0.3 is 0 Å². The van der Waals surface area contributed by atoms with E-state index >= 15 is 0 Å². The molecule has 1 aromatic rings. The van der Waals surface area contributed by atoms with Gasteiger partial charge in [-0.1, -0.05) is 24.5 Å². The van der Waals surface area contributed by atoms with Gasteiger partial charge in [0.05, 0.1) is 12.2 Å². The van der Waals surface area contributed by atoms with Crippen molar-refractivity contribution < 1.29 is 0 Å². The molecule has 70 valence electrons. The summed E-state index contributed by atoms with van der Waals surface area (Å²) in [6.07, 6.45) is 3.61. The van der Waals surface area contributed by atoms with Crippen molar-refractivity contribution in [2.45, 2.75) is 25.8 Å². The van der Waals surface area contributed by atoms with Crippen LogP contribution in [0.2, 0.25) is 0 Å². The summed E-state index contributed by atoms with van der Waals surface area (Å²) < 4.78 is 1.63. The van der Waals surface area contributed by atoms with Gasteiger partial charge in [-0.3, -0.25) is 0 Å². The molecule has 0 aliphatic carbocycles. The molecule has 0 radical (unpaired) electrons. The molecule has 0 aliphatic heterocycles. The topological polar surface area (TPSA) is 56.7 Å². The normalized spacial score (nSPS) is 11.9. The number of aryl methyl sites for hydroxylation is 1. The maximum atomic E-state index is 5.73. The van der Waals surface area contributed by atoms with Gasteiger partial charge in [-0.25, -0.2) is 4.68 Å². The fraction of sp³-hybridized carbons (Fsp3) is 0.556. The standard InChI is InChI=1S/C9H14N4/c1-3-4-8(10)5-6-9-7-11-12-13(9)2/h7-8H,3-4,10H2,1-2H3. The van der Waals surface area contributed by atoms with Crippen LogP contribution in [-0.2, 0) is 7.05 Å². The van der Waals surface area contributed by atoms with Crippen LogP contribution in [0.1, 0.15) is 25.5 Å². The lowest BCUT2D eigenvalue weighted by Gasteiger charge is -1.98. The van der Waals surface area contributed by atoms with Gasteiger partial charge in [0, 0.05) is 7.05 Å². The van der Waals surface area contributed by atoms with E-state index < -0.39 is 0 Å². The fourth-order valence-electron chi connectivity index (χ4n) is 0.953. The third kappa shape index (κ3) is 2.88. The third-order valence-corrected chi connectivity index (χ3v) is 1.70. The zero-order chi connectivity index (χ0) is 9.68. The first-order valence-corrected chi connectivity index (χ1v) is 4.36. The number of aromatic nitrogens is 3. The van der Waals surface area contributed by atoms with Crippen LogP contribution in [0.3, 0.4) is 0 Å². The van der Waals surface area contributed by atoms with Crippen LogP contribution < -0.4 is 5.73 Å². The summed E-state index contributed by atoms with van der Waals surface area (Å²) in [6.45, 7) is 2.09. The predicted octanol–water partition coefficient (Wildman–Crippen LogP) is 0.294. The molecule has 1 atom stereocenters. The smallest absolute Gasteiger partial charge is 0.131 e. The van der Waals surface area contributed by atoms with E-state index in [9.17, 15) is 0 Å². The summed E-state index contributed by atoms with van der Waals surface area (Å²) in [5, 5.41) is 7.48. The van der Waals surface area contributed by atoms with E-state index in [0.717, 1.165) is 18.5 Å². The molecule has 1 heterocycles. The van der Waals surface area contributed by atoms with Crippen LogP contribution in [0.15, 0.2) is 6.20 Å². The number of nitrogens with two attached hydrogens (primary N) is 1. The third-order valence-electron chi connectivity index (χ3n) is 1.70. The first-order chi connectivity index (χ1) is 6.24. The Hall–Kier alpha value is -1.34. The summed E-state index contributed by atoms with van der Waals surface area (Å²) in [7, 11) is 1.81. The van der Waals surface area contributed by atoms with Crippen molar-refractivity contribution in [3.8, 4) is 11.8 Å². The molecule has 4 heteroatoms. The molecule has 0 aromatic carbocycles. The van der Waals surface area contributed by atoms with Gasteiger partial charge in [-0.05, 0) is 12.3 Å². The molecule has 2 N–H and O–H groups in total. The average molecular weight is 178 g/mol. The van der Waals surface area contributed by atoms with Crippen molar-refractivity contribution >= 4 is 0 Å². The molecule has 0 saturated heterocycles. The zero-order valence-corrected chi connectivity index (χ0v) is 7.99. The molecule has 0 spiro atoms. The Morgan fingerprint density at radius 1 is 1.69 bits per heavy atom. The van der Waals surface area contributed by atoms with Crippen molar-refractivity contribution in [1.82, 2.24) is 15.0 Å². The van der Waals surface area contributed by atoms with Crippen LogP contribution >= 0.6 is 0 Å². The summed E-state index contributed by atoms with van der Waals surface area (Å²) in [4.78, 5) is 0. The zero-order valence-electron chi connectivity index (χ0n) is 7.99. The highest BCUT2D eigenvalue weighted by atomic mass is 15.4. The van der Waals surface area contributed by atoms with Crippen LogP contribution in [0.25, 0.3) is 0 Å². The molecule has 1 unspecified atom stereocenters. The second-order valence-electron chi connectivity index (χ2n) is 2.91. The maximum absolute atomic E-state index is 5.73. The predicted molar refractivity (Wildman–Crippen MR) is 50.8 cm³/mol. The lowest BCUT2D eigenvalue weighted by Crippen LogP contribution is -2.16. The highest BCUT2D eigenvalue weighted by Crippen LogP contribution is 1.93. The van der Waals surface area contributed by atoms with Crippen LogP contribution in [0.5, 0.6) is 0 Å². The first kappa shape index (κ1) is 9.75. The van der Waals surface area contributed by atoms with Crippen molar-refractivity contribution in [2.75, 3.05) is 0 Å². The van der Waals surface area contributed by atoms with E-state index in [1.165, 1.54) is 0 Å². The second-order valence-corrected chi connectivity index (χ2v) is 2.91. The molecule has 0 amide bonds. The number of hydrogen-bond acceptors (Lipinski definition) is 3. The Bertz CT molecular complexity index is 318. The van der Waals surface area contributed by atoms with Gasteiger partial charge in [0.1, 0.15) is 5.69 Å². The largest absolute Gasteiger partial charge is 0.318 e. The fourth-order valence-corrected chi connectivity index (χ4v) is 0.953. The van der Waals surface area contributed by atoms with E-state index in [0.29, 0.717) is 0 Å². The molecule has 0 saturated carbocycles. The van der Waals surface area contributed by atoms with Crippen molar-refractivity contribution in [3.05, 3.63) is 11.9 Å². The number of nitrogens with zero attached hydrogens (tertiary/aromatic N) is 3. The molecule has 4 nitrogen and oxygen atoms in total. The Balaban J connectivity index is 2.62. The van der Waals surface area contributed by atoms with Crippen molar-refractivity contribution in [2.24, 2.45) is 12.8 Å². The van der Waals surface area contributed by atoms with Gasteiger partial charge in [-0.15, -0.1) is 5.10 Å². The maximum Gasteiger partial charge on any atom is 0.131 e. The minimum absolute atomic E-state index is 0.0418. The van der Waals surface area contributed by atoms with Gasteiger partial charge in [-0.2, -0.15) is 0 Å². The Morgan fingerprint density at radius 2 is 2.46 bits per heavy atom. The second kappa shape index (κ2) is 4.63. The molecule has 0 fully saturated rings. The van der Waals surface area contributed by atoms with Crippen LogP contribution in [0, 0.1) is 11.8 Å². The van der Waals surface area contributed by atoms with E-state index in [4.69, 9.17) is 5.73 Å². The van der Waals surface area contributed by atoms with Gasteiger partial charge in [0.2, 0.25) is 0 Å². The monoisotopic (exact) mass is 178 g/mol. The minimum atomic E-state index is -0.0418. The molecule has 13 heavy (non-hydrogen) atoms. The lowest BCUT2D eigenvalue weighted by molar-refractivity contribution is 0.705. The summed E-state index contributed by atoms with van der Waals surface area (Å²) in [5.41, 5.74) is 6.52. The van der Waals surface area contributed by atoms with Gasteiger partial charge in [0.25, 0.3) is 0 Å². The van der Waals surface area contributed by atoms with Crippen molar-refractivity contribution in [3.63, 3.8) is 0 Å². The van der Waals surface area contributed by atoms with Crippen LogP contribution in [0.4, 0.5) is 0 Å². The van der Waals surface area contributed by atoms with E-state index in [2.05, 4.69) is 29.1 Å². The molecule has 1 rings (SSSR count). The van der Waals surface area contributed by atoms with E-state index in [1.54, 1.807) is 10.9 Å². The molecule has 1 aromatic heterocycles. The molecular formula is C9H14N4. The lowest BCUT2D eigenvalue weighted by atomic mass is 10.2. The van der Waals surface area contributed by atoms with E-state index in [1.807, 2.05) is 7.05 Å². The molecule has 0 bridgehead atoms.